The van der Waals surface area contributed by atoms with Crippen LogP contribution in [0.15, 0.2) is 24.3 Å². The molecule has 0 aromatic heterocycles. The Morgan fingerprint density at radius 2 is 2.00 bits per heavy atom. The number of rotatable bonds is 2. The number of benzene rings is 1. The molecule has 1 saturated heterocycles. The van der Waals surface area contributed by atoms with Crippen molar-refractivity contribution in [1.82, 2.24) is 5.43 Å². The maximum atomic E-state index is 11.4. The van der Waals surface area contributed by atoms with Gasteiger partial charge in [0.25, 0.3) is 0 Å². The molecule has 1 unspecified atom stereocenters. The standard InChI is InChI=1S/C11H14N2O3/c1-7-2-4-8(5-3-7)13-6-9(11(15)16)10(14)12-13/h2-5,9,11,15-16H,6H2,1H3,(H,12,14). The zero-order valence-electron chi connectivity index (χ0n) is 8.92. The summed E-state index contributed by atoms with van der Waals surface area (Å²) in [6.07, 6.45) is -1.62. The number of nitrogens with zero attached hydrogens (tertiary/aromatic N) is 1. The van der Waals surface area contributed by atoms with E-state index in [-0.39, 0.29) is 12.5 Å². The summed E-state index contributed by atoms with van der Waals surface area (Å²) in [7, 11) is 0. The fraction of sp³-hybridized carbons (Fsp3) is 0.364. The molecule has 5 heteroatoms. The minimum Gasteiger partial charge on any atom is -0.367 e. The zero-order chi connectivity index (χ0) is 11.7. The topological polar surface area (TPSA) is 72.8 Å². The number of nitrogens with one attached hydrogen (secondary N) is 1. The normalized spacial score (nSPS) is 20.4. The first-order valence-electron chi connectivity index (χ1n) is 5.09. The number of hydrazine groups is 1. The molecule has 1 atom stereocenters. The highest BCUT2D eigenvalue weighted by molar-refractivity contribution is 5.84. The second-order valence-electron chi connectivity index (χ2n) is 3.94. The summed E-state index contributed by atoms with van der Waals surface area (Å²) in [5, 5.41) is 19.6. The van der Waals surface area contributed by atoms with Gasteiger partial charge in [0.2, 0.25) is 5.91 Å². The predicted octanol–water partition coefficient (Wildman–Crippen LogP) is -0.227. The lowest BCUT2D eigenvalue weighted by atomic mass is 10.1. The average Bonchev–Trinajstić information content (AvgIpc) is 2.61. The van der Waals surface area contributed by atoms with E-state index in [4.69, 9.17) is 10.2 Å². The lowest BCUT2D eigenvalue weighted by molar-refractivity contribution is -0.136. The Morgan fingerprint density at radius 1 is 1.38 bits per heavy atom. The van der Waals surface area contributed by atoms with Crippen LogP contribution in [0.1, 0.15) is 5.56 Å². The van der Waals surface area contributed by atoms with E-state index < -0.39 is 12.2 Å². The highest BCUT2D eigenvalue weighted by atomic mass is 16.5. The number of carbonyl (C=O) groups is 1. The van der Waals surface area contributed by atoms with Gasteiger partial charge in [0, 0.05) is 0 Å². The van der Waals surface area contributed by atoms with Gasteiger partial charge >= 0.3 is 0 Å². The highest BCUT2D eigenvalue weighted by Gasteiger charge is 2.35. The van der Waals surface area contributed by atoms with Gasteiger partial charge in [0.1, 0.15) is 5.92 Å². The molecule has 3 N–H and O–H groups in total. The summed E-state index contributed by atoms with van der Waals surface area (Å²) < 4.78 is 0. The quantitative estimate of drug-likeness (QED) is 0.604. The van der Waals surface area contributed by atoms with E-state index in [1.807, 2.05) is 31.2 Å². The van der Waals surface area contributed by atoms with Crippen LogP contribution in [0.5, 0.6) is 0 Å². The summed E-state index contributed by atoms with van der Waals surface area (Å²) in [5.74, 6) is -1.16. The van der Waals surface area contributed by atoms with Crippen LogP contribution >= 0.6 is 0 Å². The molecule has 0 spiro atoms. The van der Waals surface area contributed by atoms with Crippen molar-refractivity contribution in [3.63, 3.8) is 0 Å². The van der Waals surface area contributed by atoms with Crippen LogP contribution in [0, 0.1) is 12.8 Å². The van der Waals surface area contributed by atoms with Crippen LogP contribution in [0.3, 0.4) is 0 Å². The van der Waals surface area contributed by atoms with E-state index in [1.165, 1.54) is 0 Å². The fourth-order valence-electron chi connectivity index (χ4n) is 1.67. The van der Waals surface area contributed by atoms with Gasteiger partial charge in [-0.1, -0.05) is 17.7 Å². The summed E-state index contributed by atoms with van der Waals surface area (Å²) in [5.41, 5.74) is 4.56. The van der Waals surface area contributed by atoms with E-state index >= 15 is 0 Å². The van der Waals surface area contributed by atoms with Gasteiger partial charge < -0.3 is 10.2 Å². The maximum absolute atomic E-state index is 11.4. The van der Waals surface area contributed by atoms with Crippen LogP contribution in [0.4, 0.5) is 5.69 Å². The molecule has 1 aromatic rings. The molecule has 0 aliphatic carbocycles. The predicted molar refractivity (Wildman–Crippen MR) is 58.4 cm³/mol. The van der Waals surface area contributed by atoms with Crippen LogP contribution in [-0.2, 0) is 4.79 Å². The zero-order valence-corrected chi connectivity index (χ0v) is 8.92. The van der Waals surface area contributed by atoms with Crippen molar-refractivity contribution in [3.05, 3.63) is 29.8 Å². The summed E-state index contributed by atoms with van der Waals surface area (Å²) in [6.45, 7) is 2.24. The largest absolute Gasteiger partial charge is 0.367 e. The van der Waals surface area contributed by atoms with Gasteiger partial charge in [-0.15, -0.1) is 0 Å². The summed E-state index contributed by atoms with van der Waals surface area (Å²) >= 11 is 0. The van der Waals surface area contributed by atoms with E-state index in [0.717, 1.165) is 11.3 Å². The van der Waals surface area contributed by atoms with Gasteiger partial charge in [0.15, 0.2) is 6.29 Å². The molecule has 16 heavy (non-hydrogen) atoms. The summed E-state index contributed by atoms with van der Waals surface area (Å²) in [6, 6.07) is 7.62. The third kappa shape index (κ3) is 2.00. The minimum absolute atomic E-state index is 0.263. The number of carbonyl (C=O) groups excluding carboxylic acids is 1. The molecule has 0 saturated carbocycles. The second kappa shape index (κ2) is 4.11. The lowest BCUT2D eigenvalue weighted by Gasteiger charge is -2.17. The Hall–Kier alpha value is -1.59. The number of hydrogen-bond acceptors (Lipinski definition) is 4. The van der Waals surface area contributed by atoms with E-state index in [9.17, 15) is 4.79 Å². The highest BCUT2D eigenvalue weighted by Crippen LogP contribution is 2.20. The van der Waals surface area contributed by atoms with Crippen molar-refractivity contribution >= 4 is 11.6 Å². The molecule has 1 aliphatic rings. The number of aliphatic hydroxyl groups excluding tert-OH is 1. The molecule has 1 aromatic carbocycles. The Bertz CT molecular complexity index is 389. The molecule has 5 nitrogen and oxygen atoms in total. The Labute approximate surface area is 93.3 Å². The number of anilines is 1. The van der Waals surface area contributed by atoms with Gasteiger partial charge in [-0.25, -0.2) is 0 Å². The number of aryl methyl sites for hydroxylation is 1. The lowest BCUT2D eigenvalue weighted by Crippen LogP contribution is -2.33. The summed E-state index contributed by atoms with van der Waals surface area (Å²) in [4.78, 5) is 11.4. The van der Waals surface area contributed by atoms with Gasteiger partial charge in [-0.2, -0.15) is 0 Å². The molecular weight excluding hydrogens is 208 g/mol. The van der Waals surface area contributed by atoms with Crippen molar-refractivity contribution in [2.45, 2.75) is 13.2 Å². The third-order valence-corrected chi connectivity index (χ3v) is 2.67. The van der Waals surface area contributed by atoms with Gasteiger partial charge in [0.05, 0.1) is 12.2 Å². The molecule has 0 bridgehead atoms. The molecule has 0 radical (unpaired) electrons. The van der Waals surface area contributed by atoms with Crippen LogP contribution in [0.2, 0.25) is 0 Å². The first-order chi connectivity index (χ1) is 7.58. The molecule has 1 amide bonds. The molecule has 1 fully saturated rings. The van der Waals surface area contributed by atoms with Crippen LogP contribution in [0.25, 0.3) is 0 Å². The van der Waals surface area contributed by atoms with Crippen LogP contribution in [-0.4, -0.2) is 29.0 Å². The van der Waals surface area contributed by atoms with E-state index in [0.29, 0.717) is 0 Å². The Kier molecular flexibility index (Phi) is 2.80. The Balaban J connectivity index is 2.13. The molecular formula is C11H14N2O3. The first kappa shape index (κ1) is 10.9. The van der Waals surface area contributed by atoms with Gasteiger partial charge in [-0.3, -0.25) is 15.2 Å². The number of hydrogen-bond donors (Lipinski definition) is 3. The molecule has 1 aliphatic heterocycles. The number of aliphatic hydroxyl groups is 2. The monoisotopic (exact) mass is 222 g/mol. The minimum atomic E-state index is -1.62. The van der Waals surface area contributed by atoms with E-state index in [2.05, 4.69) is 5.43 Å². The molecule has 1 heterocycles. The maximum Gasteiger partial charge on any atom is 0.248 e. The van der Waals surface area contributed by atoms with Crippen molar-refractivity contribution in [2.24, 2.45) is 5.92 Å². The van der Waals surface area contributed by atoms with Crippen molar-refractivity contribution in [3.8, 4) is 0 Å². The van der Waals surface area contributed by atoms with Gasteiger partial charge in [-0.05, 0) is 19.1 Å². The van der Waals surface area contributed by atoms with Crippen molar-refractivity contribution in [1.29, 1.82) is 0 Å². The Morgan fingerprint density at radius 3 is 2.50 bits per heavy atom. The average molecular weight is 222 g/mol. The van der Waals surface area contributed by atoms with Crippen molar-refractivity contribution in [2.75, 3.05) is 11.6 Å². The van der Waals surface area contributed by atoms with E-state index in [1.54, 1.807) is 5.01 Å². The molecule has 2 rings (SSSR count). The second-order valence-corrected chi connectivity index (χ2v) is 3.94. The first-order valence-corrected chi connectivity index (χ1v) is 5.09. The SMILES string of the molecule is Cc1ccc(N2CC(C(O)O)C(=O)N2)cc1. The van der Waals surface area contributed by atoms with Crippen molar-refractivity contribution < 1.29 is 15.0 Å². The van der Waals surface area contributed by atoms with Crippen LogP contribution < -0.4 is 10.4 Å². The number of amides is 1. The fourth-order valence-corrected chi connectivity index (χ4v) is 1.67. The molecule has 86 valence electrons. The third-order valence-electron chi connectivity index (χ3n) is 2.67. The smallest absolute Gasteiger partial charge is 0.248 e.